The van der Waals surface area contributed by atoms with Crippen molar-refractivity contribution in [1.82, 2.24) is 0 Å². The molecule has 0 bridgehead atoms. The number of anilines is 2. The molecule has 0 saturated heterocycles. The topological polar surface area (TPSA) is 27.0 Å². The lowest BCUT2D eigenvalue weighted by Gasteiger charge is -2.24. The first kappa shape index (κ1) is 13.1. The summed E-state index contributed by atoms with van der Waals surface area (Å²) in [6.07, 6.45) is 0. The van der Waals surface area contributed by atoms with E-state index in [0.29, 0.717) is 12.1 Å². The third kappa shape index (κ3) is 2.74. The van der Waals surface area contributed by atoms with Crippen LogP contribution in [-0.2, 0) is 0 Å². The van der Waals surface area contributed by atoms with Crippen LogP contribution in [0.25, 0.3) is 0 Å². The molecule has 0 aliphatic carbocycles. The van der Waals surface area contributed by atoms with Gasteiger partial charge in [0, 0.05) is 12.2 Å². The van der Waals surface area contributed by atoms with Crippen LogP contribution >= 0.6 is 0 Å². The Morgan fingerprint density at radius 1 is 1.21 bits per heavy atom. The number of aryl methyl sites for hydroxylation is 1. The molecule has 0 fully saturated rings. The van der Waals surface area contributed by atoms with Crippen molar-refractivity contribution in [1.29, 1.82) is 5.26 Å². The number of nitrogens with zero attached hydrogens (tertiary/aromatic N) is 2. The second-order valence-corrected chi connectivity index (χ2v) is 4.36. The average Bonchev–Trinajstić information content (AvgIpc) is 2.41. The number of rotatable bonds is 3. The van der Waals surface area contributed by atoms with Gasteiger partial charge < -0.3 is 4.90 Å². The Hall–Kier alpha value is -2.34. The second-order valence-electron chi connectivity index (χ2n) is 4.36. The van der Waals surface area contributed by atoms with Gasteiger partial charge >= 0.3 is 0 Å². The number of nitriles is 1. The van der Waals surface area contributed by atoms with Crippen LogP contribution in [0, 0.1) is 24.1 Å². The SMILES string of the molecule is CCN(c1cccc(F)c1)c1ccc(C)cc1C#N. The maximum Gasteiger partial charge on any atom is 0.125 e. The van der Waals surface area contributed by atoms with Crippen LogP contribution < -0.4 is 4.90 Å². The summed E-state index contributed by atoms with van der Waals surface area (Å²) < 4.78 is 13.3. The first-order valence-corrected chi connectivity index (χ1v) is 6.19. The average molecular weight is 254 g/mol. The fourth-order valence-electron chi connectivity index (χ4n) is 2.11. The van der Waals surface area contributed by atoms with Crippen LogP contribution in [0.1, 0.15) is 18.1 Å². The van der Waals surface area contributed by atoms with Crippen LogP contribution in [0.2, 0.25) is 0 Å². The van der Waals surface area contributed by atoms with E-state index in [0.717, 1.165) is 16.9 Å². The van der Waals surface area contributed by atoms with Gasteiger partial charge in [0.2, 0.25) is 0 Å². The molecule has 0 aliphatic rings. The number of hydrogen-bond donors (Lipinski definition) is 0. The normalized spacial score (nSPS) is 10.0. The van der Waals surface area contributed by atoms with Gasteiger partial charge in [-0.3, -0.25) is 0 Å². The lowest BCUT2D eigenvalue weighted by molar-refractivity contribution is 0.627. The van der Waals surface area contributed by atoms with Gasteiger partial charge in [-0.15, -0.1) is 0 Å². The molecule has 0 aliphatic heterocycles. The highest BCUT2D eigenvalue weighted by Gasteiger charge is 2.12. The maximum atomic E-state index is 13.3. The van der Waals surface area contributed by atoms with Crippen molar-refractivity contribution in [2.24, 2.45) is 0 Å². The molecule has 0 aromatic heterocycles. The van der Waals surface area contributed by atoms with E-state index in [1.807, 2.05) is 43.0 Å². The van der Waals surface area contributed by atoms with Gasteiger partial charge in [0.1, 0.15) is 11.9 Å². The molecule has 2 rings (SSSR count). The van der Waals surface area contributed by atoms with Gasteiger partial charge in [0.25, 0.3) is 0 Å². The predicted molar refractivity (Wildman–Crippen MR) is 75.0 cm³/mol. The zero-order chi connectivity index (χ0) is 13.8. The van der Waals surface area contributed by atoms with Crippen molar-refractivity contribution in [2.75, 3.05) is 11.4 Å². The first-order chi connectivity index (χ1) is 9.15. The highest BCUT2D eigenvalue weighted by molar-refractivity contribution is 5.69. The fourth-order valence-corrected chi connectivity index (χ4v) is 2.11. The van der Waals surface area contributed by atoms with E-state index in [2.05, 4.69) is 6.07 Å². The molecule has 2 nitrogen and oxygen atoms in total. The van der Waals surface area contributed by atoms with Crippen LogP contribution in [0.3, 0.4) is 0 Å². The Morgan fingerprint density at radius 3 is 2.63 bits per heavy atom. The summed E-state index contributed by atoms with van der Waals surface area (Å²) in [5.74, 6) is -0.276. The standard InChI is InChI=1S/C16H15FN2/c1-3-19(15-6-4-5-14(17)10-15)16-8-7-12(2)9-13(16)11-18/h4-10H,3H2,1-2H3. The van der Waals surface area contributed by atoms with Gasteiger partial charge in [-0.05, 0) is 49.7 Å². The Balaban J connectivity index is 2.52. The molecule has 0 radical (unpaired) electrons. The zero-order valence-corrected chi connectivity index (χ0v) is 11.0. The summed E-state index contributed by atoms with van der Waals surface area (Å²) in [7, 11) is 0. The summed E-state index contributed by atoms with van der Waals surface area (Å²) in [6.45, 7) is 4.59. The Labute approximate surface area is 112 Å². The number of benzene rings is 2. The third-order valence-electron chi connectivity index (χ3n) is 3.00. The van der Waals surface area contributed by atoms with E-state index >= 15 is 0 Å². The van der Waals surface area contributed by atoms with Crippen LogP contribution in [0.15, 0.2) is 42.5 Å². The molecule has 0 N–H and O–H groups in total. The number of halogens is 1. The Kier molecular flexibility index (Phi) is 3.82. The van der Waals surface area contributed by atoms with E-state index in [-0.39, 0.29) is 5.82 Å². The molecule has 0 atom stereocenters. The molecule has 0 spiro atoms. The molecular weight excluding hydrogens is 239 g/mol. The van der Waals surface area contributed by atoms with Crippen LogP contribution in [0.4, 0.5) is 15.8 Å². The molecule has 0 saturated carbocycles. The molecule has 0 amide bonds. The molecule has 19 heavy (non-hydrogen) atoms. The molecule has 3 heteroatoms. The van der Waals surface area contributed by atoms with E-state index in [9.17, 15) is 9.65 Å². The van der Waals surface area contributed by atoms with Crippen molar-refractivity contribution < 1.29 is 4.39 Å². The van der Waals surface area contributed by atoms with Gasteiger partial charge in [-0.25, -0.2) is 4.39 Å². The summed E-state index contributed by atoms with van der Waals surface area (Å²) in [5.41, 5.74) is 3.20. The Morgan fingerprint density at radius 2 is 2.00 bits per heavy atom. The van der Waals surface area contributed by atoms with Crippen molar-refractivity contribution in [3.05, 3.63) is 59.4 Å². The third-order valence-corrected chi connectivity index (χ3v) is 3.00. The van der Waals surface area contributed by atoms with Gasteiger partial charge in [-0.2, -0.15) is 5.26 Å². The first-order valence-electron chi connectivity index (χ1n) is 6.19. The van der Waals surface area contributed by atoms with E-state index in [4.69, 9.17) is 0 Å². The van der Waals surface area contributed by atoms with E-state index in [1.54, 1.807) is 6.07 Å². The zero-order valence-electron chi connectivity index (χ0n) is 11.0. The van der Waals surface area contributed by atoms with E-state index in [1.165, 1.54) is 12.1 Å². The minimum atomic E-state index is -0.276. The van der Waals surface area contributed by atoms with E-state index < -0.39 is 0 Å². The van der Waals surface area contributed by atoms with Gasteiger partial charge in [0.15, 0.2) is 0 Å². The smallest absolute Gasteiger partial charge is 0.125 e. The summed E-state index contributed by atoms with van der Waals surface area (Å²) in [6, 6.07) is 14.3. The summed E-state index contributed by atoms with van der Waals surface area (Å²) in [5, 5.41) is 9.24. The highest BCUT2D eigenvalue weighted by atomic mass is 19.1. The highest BCUT2D eigenvalue weighted by Crippen LogP contribution is 2.29. The van der Waals surface area contributed by atoms with Gasteiger partial charge in [0.05, 0.1) is 11.3 Å². The minimum absolute atomic E-state index is 0.276. The van der Waals surface area contributed by atoms with Crippen molar-refractivity contribution >= 4 is 11.4 Å². The predicted octanol–water partition coefficient (Wildman–Crippen LogP) is 4.16. The quantitative estimate of drug-likeness (QED) is 0.822. The van der Waals surface area contributed by atoms with Crippen molar-refractivity contribution in [3.63, 3.8) is 0 Å². The fraction of sp³-hybridized carbons (Fsp3) is 0.188. The molecule has 0 unspecified atom stereocenters. The van der Waals surface area contributed by atoms with Gasteiger partial charge in [-0.1, -0.05) is 12.1 Å². The monoisotopic (exact) mass is 254 g/mol. The Bertz CT molecular complexity index is 629. The van der Waals surface area contributed by atoms with Crippen LogP contribution in [-0.4, -0.2) is 6.54 Å². The molecule has 2 aromatic rings. The van der Waals surface area contributed by atoms with Crippen LogP contribution in [0.5, 0.6) is 0 Å². The molecule has 96 valence electrons. The molecule has 0 heterocycles. The van der Waals surface area contributed by atoms with Crippen molar-refractivity contribution in [2.45, 2.75) is 13.8 Å². The maximum absolute atomic E-state index is 13.3. The second kappa shape index (κ2) is 5.53. The largest absolute Gasteiger partial charge is 0.341 e. The summed E-state index contributed by atoms with van der Waals surface area (Å²) >= 11 is 0. The lowest BCUT2D eigenvalue weighted by Crippen LogP contribution is -2.17. The van der Waals surface area contributed by atoms with Crippen molar-refractivity contribution in [3.8, 4) is 6.07 Å². The lowest BCUT2D eigenvalue weighted by atomic mass is 10.1. The number of hydrogen-bond acceptors (Lipinski definition) is 2. The minimum Gasteiger partial charge on any atom is -0.341 e. The molecular formula is C16H15FN2. The molecule has 2 aromatic carbocycles. The summed E-state index contributed by atoms with van der Waals surface area (Å²) in [4.78, 5) is 1.93.